The standard InChI is InChI=1S/C24H37F2N7O/c1-6-18-20(32-11-7-10-24(25,26)15-32)9-8-19(29-18)22(27)21(31(5)28)14-33-13-17(12-16(2)3)30(4)23(33)34/h8-9,13,16H,6-7,10-12,14-15,27-28H2,1-5H3/b22-21-. The first kappa shape index (κ1) is 25.7. The molecule has 1 aliphatic heterocycles. The van der Waals surface area contributed by atoms with E-state index in [0.717, 1.165) is 12.1 Å². The Morgan fingerprint density at radius 2 is 2.03 bits per heavy atom. The predicted molar refractivity (Wildman–Crippen MR) is 131 cm³/mol. The Morgan fingerprint density at radius 3 is 2.62 bits per heavy atom. The van der Waals surface area contributed by atoms with E-state index in [9.17, 15) is 13.6 Å². The van der Waals surface area contributed by atoms with Crippen LogP contribution in [-0.2, 0) is 26.4 Å². The van der Waals surface area contributed by atoms with Gasteiger partial charge in [-0.3, -0.25) is 9.13 Å². The van der Waals surface area contributed by atoms with Crippen LogP contribution in [0.4, 0.5) is 14.5 Å². The summed E-state index contributed by atoms with van der Waals surface area (Å²) in [5, 5.41) is 1.39. The van der Waals surface area contributed by atoms with Gasteiger partial charge in [-0.1, -0.05) is 20.8 Å². The van der Waals surface area contributed by atoms with Crippen LogP contribution in [0.15, 0.2) is 28.8 Å². The Bertz CT molecular complexity index is 1100. The number of pyridine rings is 1. The number of imidazole rings is 1. The lowest BCUT2D eigenvalue weighted by Crippen LogP contribution is -2.43. The number of hydrazine groups is 1. The summed E-state index contributed by atoms with van der Waals surface area (Å²) in [5.41, 5.74) is 10.1. The highest BCUT2D eigenvalue weighted by molar-refractivity contribution is 5.65. The van der Waals surface area contributed by atoms with Gasteiger partial charge in [-0.05, 0) is 37.3 Å². The zero-order valence-corrected chi connectivity index (χ0v) is 20.8. The van der Waals surface area contributed by atoms with Gasteiger partial charge in [0.2, 0.25) is 0 Å². The first-order valence-corrected chi connectivity index (χ1v) is 11.8. The molecule has 1 fully saturated rings. The molecule has 4 N–H and O–H groups in total. The number of nitrogens with zero attached hydrogens (tertiary/aromatic N) is 5. The van der Waals surface area contributed by atoms with Gasteiger partial charge in [-0.25, -0.2) is 24.4 Å². The molecule has 0 radical (unpaired) electrons. The van der Waals surface area contributed by atoms with Crippen LogP contribution in [0.5, 0.6) is 0 Å². The van der Waals surface area contributed by atoms with Gasteiger partial charge in [0.25, 0.3) is 5.92 Å². The van der Waals surface area contributed by atoms with Gasteiger partial charge in [0, 0.05) is 39.0 Å². The van der Waals surface area contributed by atoms with Crippen molar-refractivity contribution in [2.45, 2.75) is 58.9 Å². The highest BCUT2D eigenvalue weighted by Gasteiger charge is 2.36. The van der Waals surface area contributed by atoms with Crippen LogP contribution in [0.3, 0.4) is 0 Å². The van der Waals surface area contributed by atoms with Crippen LogP contribution in [0.25, 0.3) is 5.70 Å². The zero-order chi connectivity index (χ0) is 25.2. The molecule has 188 valence electrons. The summed E-state index contributed by atoms with van der Waals surface area (Å²) >= 11 is 0. The summed E-state index contributed by atoms with van der Waals surface area (Å²) in [6.07, 6.45) is 3.54. The van der Waals surface area contributed by atoms with E-state index in [-0.39, 0.29) is 25.2 Å². The van der Waals surface area contributed by atoms with Crippen molar-refractivity contribution in [2.75, 3.05) is 25.0 Å². The summed E-state index contributed by atoms with van der Waals surface area (Å²) in [4.78, 5) is 19.2. The Labute approximate surface area is 199 Å². The number of likely N-dealkylation sites (N-methyl/N-ethyl adjacent to an activating group) is 1. The minimum atomic E-state index is -2.70. The second-order valence-corrected chi connectivity index (χ2v) is 9.56. The highest BCUT2D eigenvalue weighted by Crippen LogP contribution is 2.32. The summed E-state index contributed by atoms with van der Waals surface area (Å²) in [7, 11) is 3.42. The molecule has 0 saturated carbocycles. The molecule has 0 unspecified atom stereocenters. The first-order chi connectivity index (χ1) is 15.9. The minimum Gasteiger partial charge on any atom is -0.395 e. The summed E-state index contributed by atoms with van der Waals surface area (Å²) in [5.74, 6) is 3.81. The van der Waals surface area contributed by atoms with Crippen molar-refractivity contribution in [1.29, 1.82) is 0 Å². The van der Waals surface area contributed by atoms with Crippen molar-refractivity contribution in [3.05, 3.63) is 51.6 Å². The molecule has 2 aromatic heterocycles. The maximum Gasteiger partial charge on any atom is 0.328 e. The fourth-order valence-corrected chi connectivity index (χ4v) is 4.42. The summed E-state index contributed by atoms with van der Waals surface area (Å²) < 4.78 is 31.2. The number of rotatable bonds is 8. The third-order valence-corrected chi connectivity index (χ3v) is 6.24. The smallest absolute Gasteiger partial charge is 0.328 e. The Morgan fingerprint density at radius 1 is 1.32 bits per heavy atom. The molecule has 1 saturated heterocycles. The molecule has 0 bridgehead atoms. The number of nitrogens with two attached hydrogens (primary N) is 2. The van der Waals surface area contributed by atoms with E-state index in [1.165, 1.54) is 5.01 Å². The van der Waals surface area contributed by atoms with E-state index < -0.39 is 5.92 Å². The molecule has 10 heteroatoms. The van der Waals surface area contributed by atoms with E-state index in [0.29, 0.717) is 53.8 Å². The van der Waals surface area contributed by atoms with Crippen molar-refractivity contribution < 1.29 is 8.78 Å². The Balaban J connectivity index is 1.96. The molecule has 0 spiro atoms. The molecule has 0 atom stereocenters. The summed E-state index contributed by atoms with van der Waals surface area (Å²) in [6.45, 7) is 6.59. The SMILES string of the molecule is CCc1nc(/C(N)=C(\Cn2cc(CC(C)C)n(C)c2=O)N(C)N)ccc1N1CCCC(F)(F)C1. The Hall–Kier alpha value is -2.88. The number of allylic oxidation sites excluding steroid dienone is 1. The van der Waals surface area contributed by atoms with E-state index in [4.69, 9.17) is 16.6 Å². The topological polar surface area (TPSA) is 98.3 Å². The van der Waals surface area contributed by atoms with Crippen molar-refractivity contribution in [1.82, 2.24) is 19.1 Å². The number of hydrogen-bond acceptors (Lipinski definition) is 6. The number of anilines is 1. The molecule has 0 amide bonds. The van der Waals surface area contributed by atoms with Crippen LogP contribution in [0.1, 0.15) is 50.7 Å². The van der Waals surface area contributed by atoms with E-state index >= 15 is 0 Å². The lowest BCUT2D eigenvalue weighted by atomic mass is 10.1. The molecule has 0 aliphatic carbocycles. The zero-order valence-electron chi connectivity index (χ0n) is 20.8. The molecular weight excluding hydrogens is 440 g/mol. The van der Waals surface area contributed by atoms with Gasteiger partial charge < -0.3 is 15.6 Å². The van der Waals surface area contributed by atoms with Crippen LogP contribution in [0, 0.1) is 5.92 Å². The quantitative estimate of drug-likeness (QED) is 0.448. The van der Waals surface area contributed by atoms with Crippen molar-refractivity contribution >= 4 is 11.4 Å². The number of halogens is 2. The molecular formula is C24H37F2N7O. The van der Waals surface area contributed by atoms with Gasteiger partial charge in [-0.15, -0.1) is 0 Å². The molecule has 3 heterocycles. The van der Waals surface area contributed by atoms with Gasteiger partial charge in [0.15, 0.2) is 0 Å². The predicted octanol–water partition coefficient (Wildman–Crippen LogP) is 2.71. The third kappa shape index (κ3) is 5.60. The molecule has 8 nitrogen and oxygen atoms in total. The number of piperidine rings is 1. The fraction of sp³-hybridized carbons (Fsp3) is 0.583. The lowest BCUT2D eigenvalue weighted by Gasteiger charge is -2.35. The maximum atomic E-state index is 14.0. The van der Waals surface area contributed by atoms with Crippen LogP contribution >= 0.6 is 0 Å². The molecule has 1 aliphatic rings. The van der Waals surface area contributed by atoms with Gasteiger partial charge >= 0.3 is 5.69 Å². The number of alkyl halides is 2. The monoisotopic (exact) mass is 477 g/mol. The average molecular weight is 478 g/mol. The van der Waals surface area contributed by atoms with Crippen LogP contribution in [-0.4, -0.2) is 45.2 Å². The maximum absolute atomic E-state index is 14.0. The molecule has 34 heavy (non-hydrogen) atoms. The van der Waals surface area contributed by atoms with Gasteiger partial charge in [-0.2, -0.15) is 0 Å². The van der Waals surface area contributed by atoms with Gasteiger partial charge in [0.05, 0.1) is 41.6 Å². The minimum absolute atomic E-state index is 0.0872. The van der Waals surface area contributed by atoms with Crippen LogP contribution < -0.4 is 22.2 Å². The van der Waals surface area contributed by atoms with E-state index in [1.54, 1.807) is 40.3 Å². The van der Waals surface area contributed by atoms with Gasteiger partial charge in [0.1, 0.15) is 0 Å². The lowest BCUT2D eigenvalue weighted by molar-refractivity contribution is -0.0117. The van der Waals surface area contributed by atoms with Crippen molar-refractivity contribution in [3.8, 4) is 0 Å². The number of aromatic nitrogens is 3. The molecule has 0 aromatic carbocycles. The van der Waals surface area contributed by atoms with E-state index in [1.807, 2.05) is 13.1 Å². The normalized spacial score (nSPS) is 16.7. The average Bonchev–Trinajstić information content (AvgIpc) is 3.02. The molecule has 3 rings (SSSR count). The van der Waals surface area contributed by atoms with E-state index in [2.05, 4.69) is 13.8 Å². The summed E-state index contributed by atoms with van der Waals surface area (Å²) in [6, 6.07) is 3.54. The first-order valence-electron chi connectivity index (χ1n) is 11.8. The number of aryl methyl sites for hydroxylation is 1. The number of hydrogen-bond donors (Lipinski definition) is 2. The largest absolute Gasteiger partial charge is 0.395 e. The van der Waals surface area contributed by atoms with Crippen molar-refractivity contribution in [3.63, 3.8) is 0 Å². The molecule has 2 aromatic rings. The second kappa shape index (κ2) is 10.2. The second-order valence-electron chi connectivity index (χ2n) is 9.56. The third-order valence-electron chi connectivity index (χ3n) is 6.24. The van der Waals surface area contributed by atoms with Crippen molar-refractivity contribution in [2.24, 2.45) is 24.5 Å². The highest BCUT2D eigenvalue weighted by atomic mass is 19.3. The van der Waals surface area contributed by atoms with Crippen LogP contribution in [0.2, 0.25) is 0 Å². The Kier molecular flexibility index (Phi) is 7.70. The fourth-order valence-electron chi connectivity index (χ4n) is 4.42.